The van der Waals surface area contributed by atoms with E-state index in [4.69, 9.17) is 0 Å². The van der Waals surface area contributed by atoms with Crippen LogP contribution in [0.3, 0.4) is 0 Å². The van der Waals surface area contributed by atoms with E-state index in [1.807, 2.05) is 22.8 Å². The van der Waals surface area contributed by atoms with E-state index in [0.717, 1.165) is 48.1 Å². The van der Waals surface area contributed by atoms with Crippen LogP contribution < -0.4 is 9.80 Å². The Bertz CT molecular complexity index is 780. The van der Waals surface area contributed by atoms with Crippen molar-refractivity contribution in [1.82, 2.24) is 24.6 Å². The van der Waals surface area contributed by atoms with Crippen LogP contribution in [0, 0.1) is 0 Å². The fourth-order valence-electron chi connectivity index (χ4n) is 2.62. The average molecular weight is 360 g/mol. The lowest BCUT2D eigenvalue weighted by Gasteiger charge is -2.35. The molecule has 0 aromatic carbocycles. The molecule has 0 bridgehead atoms. The Morgan fingerprint density at radius 3 is 2.36 bits per heavy atom. The van der Waals surface area contributed by atoms with Gasteiger partial charge in [0.25, 0.3) is 0 Å². The Labute approximate surface area is 135 Å². The molecule has 1 aliphatic heterocycles. The fraction of sp³-hybridized carbons (Fsp3) is 0.286. The van der Waals surface area contributed by atoms with Gasteiger partial charge >= 0.3 is 0 Å². The van der Waals surface area contributed by atoms with E-state index < -0.39 is 0 Å². The molecule has 0 unspecified atom stereocenters. The van der Waals surface area contributed by atoms with Crippen molar-refractivity contribution in [3.8, 4) is 0 Å². The molecule has 0 spiro atoms. The van der Waals surface area contributed by atoms with Gasteiger partial charge in [-0.05, 0) is 28.1 Å². The zero-order valence-corrected chi connectivity index (χ0v) is 13.4. The summed E-state index contributed by atoms with van der Waals surface area (Å²) in [6, 6.07) is 4.01. The molecule has 0 saturated carbocycles. The second kappa shape index (κ2) is 5.53. The third-order valence-corrected chi connectivity index (χ3v) is 4.32. The van der Waals surface area contributed by atoms with Crippen molar-refractivity contribution < 1.29 is 0 Å². The predicted octanol–water partition coefficient (Wildman–Crippen LogP) is 1.61. The highest BCUT2D eigenvalue weighted by Gasteiger charge is 2.19. The molecular weight excluding hydrogens is 346 g/mol. The molecule has 0 atom stereocenters. The Morgan fingerprint density at radius 1 is 0.864 bits per heavy atom. The van der Waals surface area contributed by atoms with Gasteiger partial charge in [0.05, 0.1) is 12.4 Å². The largest absolute Gasteiger partial charge is 0.352 e. The van der Waals surface area contributed by atoms with E-state index in [-0.39, 0.29) is 0 Å². The molecule has 7 nitrogen and oxygen atoms in total. The summed E-state index contributed by atoms with van der Waals surface area (Å²) in [5.41, 5.74) is 0.842. The minimum absolute atomic E-state index is 0.842. The normalized spacial score (nSPS) is 15.5. The van der Waals surface area contributed by atoms with E-state index in [0.29, 0.717) is 0 Å². The van der Waals surface area contributed by atoms with Crippen molar-refractivity contribution in [1.29, 1.82) is 0 Å². The number of nitrogens with zero attached hydrogens (tertiary/aromatic N) is 7. The highest BCUT2D eigenvalue weighted by atomic mass is 79.9. The third kappa shape index (κ3) is 2.39. The maximum atomic E-state index is 4.64. The van der Waals surface area contributed by atoms with E-state index in [9.17, 15) is 0 Å². The molecule has 8 heteroatoms. The van der Waals surface area contributed by atoms with Gasteiger partial charge in [-0.2, -0.15) is 0 Å². The first-order chi connectivity index (χ1) is 10.8. The third-order valence-electron chi connectivity index (χ3n) is 3.78. The van der Waals surface area contributed by atoms with Gasteiger partial charge in [-0.25, -0.2) is 14.5 Å². The van der Waals surface area contributed by atoms with Crippen molar-refractivity contribution in [2.45, 2.75) is 0 Å². The minimum Gasteiger partial charge on any atom is -0.352 e. The average Bonchev–Trinajstić information content (AvgIpc) is 2.96. The first-order valence-corrected chi connectivity index (χ1v) is 7.87. The molecule has 3 aromatic rings. The summed E-state index contributed by atoms with van der Waals surface area (Å²) < 4.78 is 2.67. The van der Waals surface area contributed by atoms with Crippen LogP contribution in [0.2, 0.25) is 0 Å². The van der Waals surface area contributed by atoms with E-state index >= 15 is 0 Å². The van der Waals surface area contributed by atoms with Gasteiger partial charge in [0, 0.05) is 38.6 Å². The first kappa shape index (κ1) is 13.4. The molecule has 22 heavy (non-hydrogen) atoms. The summed E-state index contributed by atoms with van der Waals surface area (Å²) >= 11 is 3.46. The standard InChI is InChI=1S/C14H14BrN7/c15-11-9-18-12-1-2-13(19-22(11)12)20-5-7-21(8-6-20)14-10-16-3-4-17-14/h1-4,9-10H,5-8H2. The highest BCUT2D eigenvalue weighted by molar-refractivity contribution is 9.10. The monoisotopic (exact) mass is 359 g/mol. The van der Waals surface area contributed by atoms with E-state index in [1.54, 1.807) is 18.6 Å². The quantitative estimate of drug-likeness (QED) is 0.692. The number of hydrogen-bond donors (Lipinski definition) is 0. The number of piperazine rings is 1. The van der Waals surface area contributed by atoms with Crippen LogP contribution in [0.4, 0.5) is 11.6 Å². The zero-order chi connectivity index (χ0) is 14.9. The van der Waals surface area contributed by atoms with Crippen molar-refractivity contribution in [2.75, 3.05) is 36.0 Å². The second-order valence-electron chi connectivity index (χ2n) is 5.08. The number of fused-ring (bicyclic) bond motifs is 1. The van der Waals surface area contributed by atoms with Crippen LogP contribution in [-0.4, -0.2) is 50.7 Å². The van der Waals surface area contributed by atoms with Crippen LogP contribution in [0.1, 0.15) is 0 Å². The van der Waals surface area contributed by atoms with E-state index in [2.05, 4.69) is 45.8 Å². The van der Waals surface area contributed by atoms with Gasteiger partial charge in [-0.15, -0.1) is 5.10 Å². The maximum Gasteiger partial charge on any atom is 0.154 e. The Balaban J connectivity index is 1.51. The minimum atomic E-state index is 0.842. The molecule has 0 aliphatic carbocycles. The van der Waals surface area contributed by atoms with Crippen molar-refractivity contribution in [3.63, 3.8) is 0 Å². The molecule has 0 radical (unpaired) electrons. The lowest BCUT2D eigenvalue weighted by molar-refractivity contribution is 0.635. The van der Waals surface area contributed by atoms with Gasteiger partial charge < -0.3 is 9.80 Å². The maximum absolute atomic E-state index is 4.64. The van der Waals surface area contributed by atoms with E-state index in [1.165, 1.54) is 0 Å². The van der Waals surface area contributed by atoms with Crippen LogP contribution >= 0.6 is 15.9 Å². The topological polar surface area (TPSA) is 62.5 Å². The summed E-state index contributed by atoms with van der Waals surface area (Å²) in [6.45, 7) is 3.62. The van der Waals surface area contributed by atoms with Gasteiger partial charge in [0.1, 0.15) is 16.2 Å². The molecule has 3 aromatic heterocycles. The summed E-state index contributed by atoms with van der Waals surface area (Å²) in [7, 11) is 0. The van der Waals surface area contributed by atoms with Crippen molar-refractivity contribution in [2.24, 2.45) is 0 Å². The first-order valence-electron chi connectivity index (χ1n) is 7.07. The van der Waals surface area contributed by atoms with Crippen molar-refractivity contribution in [3.05, 3.63) is 41.5 Å². The lowest BCUT2D eigenvalue weighted by Crippen LogP contribution is -2.47. The second-order valence-corrected chi connectivity index (χ2v) is 5.89. The van der Waals surface area contributed by atoms with Gasteiger partial charge in [-0.3, -0.25) is 4.98 Å². The zero-order valence-electron chi connectivity index (χ0n) is 11.8. The van der Waals surface area contributed by atoms with Gasteiger partial charge in [0.2, 0.25) is 0 Å². The molecule has 1 fully saturated rings. The summed E-state index contributed by atoms with van der Waals surface area (Å²) in [4.78, 5) is 17.3. The number of aromatic nitrogens is 5. The van der Waals surface area contributed by atoms with Crippen LogP contribution in [0.15, 0.2) is 41.5 Å². The van der Waals surface area contributed by atoms with Gasteiger partial charge in [-0.1, -0.05) is 0 Å². The molecule has 1 saturated heterocycles. The summed E-state index contributed by atoms with van der Waals surface area (Å²) in [5, 5.41) is 4.64. The van der Waals surface area contributed by atoms with Crippen LogP contribution in [0.25, 0.3) is 5.65 Å². The summed E-state index contributed by atoms with van der Waals surface area (Å²) in [6.07, 6.45) is 7.00. The SMILES string of the molecule is Brc1cnc2ccc(N3CCN(c4cnccn4)CC3)nn12. The predicted molar refractivity (Wildman–Crippen MR) is 87.1 cm³/mol. The molecule has 4 heterocycles. The summed E-state index contributed by atoms with van der Waals surface area (Å²) in [5.74, 6) is 1.90. The number of halogens is 1. The van der Waals surface area contributed by atoms with Crippen molar-refractivity contribution >= 4 is 33.2 Å². The smallest absolute Gasteiger partial charge is 0.154 e. The molecule has 1 aliphatic rings. The lowest BCUT2D eigenvalue weighted by atomic mass is 10.3. The Kier molecular flexibility index (Phi) is 3.38. The molecule has 0 N–H and O–H groups in total. The number of hydrogen-bond acceptors (Lipinski definition) is 6. The molecular formula is C14H14BrN7. The highest BCUT2D eigenvalue weighted by Crippen LogP contribution is 2.19. The molecule has 0 amide bonds. The molecule has 112 valence electrons. The Morgan fingerprint density at radius 2 is 1.64 bits per heavy atom. The fourth-order valence-corrected chi connectivity index (χ4v) is 2.99. The number of imidazole rings is 1. The van der Waals surface area contributed by atoms with Crippen LogP contribution in [0.5, 0.6) is 0 Å². The Hall–Kier alpha value is -2.22. The van der Waals surface area contributed by atoms with Crippen LogP contribution in [-0.2, 0) is 0 Å². The number of rotatable bonds is 2. The number of anilines is 2. The van der Waals surface area contributed by atoms with Gasteiger partial charge in [0.15, 0.2) is 5.65 Å². The molecule has 4 rings (SSSR count).